The lowest BCUT2D eigenvalue weighted by molar-refractivity contribution is -0.757. The number of aliphatic hydroxyl groups excluding tert-OH is 2. The Kier molecular flexibility index (Phi) is 9.55. The number of nitrogens with zero attached hydrogens (tertiary/aromatic N) is 1. The highest BCUT2D eigenvalue weighted by Crippen LogP contribution is 2.47. The summed E-state index contributed by atoms with van der Waals surface area (Å²) in [6.45, 7) is 1.97. The second-order valence-corrected chi connectivity index (χ2v) is 8.40. The molecule has 0 saturated carbocycles. The third kappa shape index (κ3) is 6.01. The minimum absolute atomic E-state index is 0.0567. The minimum Gasteiger partial charge on any atom is -0.390 e. The molecule has 9 heteroatoms. The van der Waals surface area contributed by atoms with Crippen LogP contribution in [0.25, 0.3) is 0 Å². The fraction of sp³-hybridized carbons (Fsp3) is 1.00. The second-order valence-electron chi connectivity index (χ2n) is 8.40. The van der Waals surface area contributed by atoms with Gasteiger partial charge in [0.2, 0.25) is 0 Å². The van der Waals surface area contributed by atoms with Gasteiger partial charge in [-0.25, -0.2) is 0 Å². The average molecular weight is 420 g/mol. The van der Waals surface area contributed by atoms with Crippen LogP contribution in [-0.2, 0) is 14.3 Å². The van der Waals surface area contributed by atoms with Gasteiger partial charge in [-0.3, -0.25) is 0 Å². The summed E-state index contributed by atoms with van der Waals surface area (Å²) in [6.07, 6.45) is 7.27. The lowest BCUT2D eigenvalue weighted by atomic mass is 9.78. The van der Waals surface area contributed by atoms with Crippen LogP contribution in [0, 0.1) is 10.1 Å². The van der Waals surface area contributed by atoms with Crippen LogP contribution in [0.3, 0.4) is 0 Å². The molecule has 2 fully saturated rings. The van der Waals surface area contributed by atoms with Gasteiger partial charge in [0.25, 0.3) is 5.09 Å². The van der Waals surface area contributed by atoms with Crippen molar-refractivity contribution in [3.05, 3.63) is 10.1 Å². The molecule has 2 heterocycles. The van der Waals surface area contributed by atoms with E-state index in [-0.39, 0.29) is 32.7 Å². The molecule has 0 aliphatic carbocycles. The molecule has 0 radical (unpaired) electrons. The first kappa shape index (κ1) is 24.3. The van der Waals surface area contributed by atoms with Crippen molar-refractivity contribution in [2.24, 2.45) is 0 Å². The maximum atomic E-state index is 11.1. The molecule has 0 aromatic carbocycles. The van der Waals surface area contributed by atoms with Gasteiger partial charge in [-0.15, -0.1) is 10.1 Å². The molecule has 1 unspecified atom stereocenters. The van der Waals surface area contributed by atoms with Crippen molar-refractivity contribution in [1.29, 1.82) is 0 Å². The second kappa shape index (κ2) is 11.4. The van der Waals surface area contributed by atoms with Crippen LogP contribution in [0.15, 0.2) is 0 Å². The molecule has 2 saturated heterocycles. The Labute approximate surface area is 172 Å². The average Bonchev–Trinajstić information content (AvgIpc) is 3.17. The Morgan fingerprint density at radius 3 is 2.48 bits per heavy atom. The molecule has 0 aromatic heterocycles. The lowest BCUT2D eigenvalue weighted by Crippen LogP contribution is -2.57. The molecule has 2 aliphatic rings. The molecule has 9 nitrogen and oxygen atoms in total. The van der Waals surface area contributed by atoms with E-state index in [1.807, 2.05) is 0 Å². The van der Waals surface area contributed by atoms with Crippen molar-refractivity contribution in [3.8, 4) is 0 Å². The lowest BCUT2D eigenvalue weighted by Gasteiger charge is -2.35. The van der Waals surface area contributed by atoms with Crippen LogP contribution in [0.2, 0.25) is 0 Å². The van der Waals surface area contributed by atoms with Crippen molar-refractivity contribution in [3.63, 3.8) is 0 Å². The van der Waals surface area contributed by atoms with Gasteiger partial charge in [-0.2, -0.15) is 0 Å². The van der Waals surface area contributed by atoms with E-state index in [0.717, 1.165) is 19.3 Å². The summed E-state index contributed by atoms with van der Waals surface area (Å²) in [7, 11) is 0. The van der Waals surface area contributed by atoms with Crippen molar-refractivity contribution >= 4 is 0 Å². The molecule has 0 amide bonds. The zero-order chi connectivity index (χ0) is 21.3. The smallest absolute Gasteiger partial charge is 0.294 e. The first-order valence-electron chi connectivity index (χ1n) is 11.0. The summed E-state index contributed by atoms with van der Waals surface area (Å²) < 4.78 is 11.6. The number of ether oxygens (including phenoxy) is 2. The topological polar surface area (TPSA) is 132 Å². The van der Waals surface area contributed by atoms with E-state index in [9.17, 15) is 25.4 Å². The van der Waals surface area contributed by atoms with E-state index in [1.54, 1.807) is 0 Å². The number of hydrogen-bond acceptors (Lipinski definition) is 8. The molecule has 170 valence electrons. The van der Waals surface area contributed by atoms with Crippen LogP contribution < -0.4 is 0 Å². The first-order chi connectivity index (χ1) is 13.9. The monoisotopic (exact) mass is 419 g/mol. The predicted molar refractivity (Wildman–Crippen MR) is 105 cm³/mol. The predicted octanol–water partition coefficient (Wildman–Crippen LogP) is 2.13. The van der Waals surface area contributed by atoms with Gasteiger partial charge in [0.1, 0.15) is 23.4 Å². The highest BCUT2D eigenvalue weighted by molar-refractivity contribution is 5.15. The Morgan fingerprint density at radius 1 is 1.17 bits per heavy atom. The largest absolute Gasteiger partial charge is 0.390 e. The Bertz CT molecular complexity index is 507. The van der Waals surface area contributed by atoms with Crippen LogP contribution in [0.1, 0.15) is 77.6 Å². The summed E-state index contributed by atoms with van der Waals surface area (Å²) in [5, 5.41) is 41.4. The molecular formula is C20H37NO8. The Morgan fingerprint density at radius 2 is 1.83 bits per heavy atom. The van der Waals surface area contributed by atoms with E-state index in [2.05, 4.69) is 11.8 Å². The van der Waals surface area contributed by atoms with Crippen molar-refractivity contribution in [1.82, 2.24) is 0 Å². The van der Waals surface area contributed by atoms with E-state index in [4.69, 9.17) is 9.47 Å². The third-order valence-electron chi connectivity index (χ3n) is 6.27. The van der Waals surface area contributed by atoms with Crippen molar-refractivity contribution < 1.29 is 34.7 Å². The van der Waals surface area contributed by atoms with Crippen LogP contribution in [0.4, 0.5) is 0 Å². The van der Waals surface area contributed by atoms with Gasteiger partial charge in [0.05, 0.1) is 25.9 Å². The summed E-state index contributed by atoms with van der Waals surface area (Å²) in [5.41, 5.74) is -2.65. The molecule has 5 atom stereocenters. The van der Waals surface area contributed by atoms with Gasteiger partial charge < -0.3 is 29.6 Å². The van der Waals surface area contributed by atoms with Crippen molar-refractivity contribution in [2.45, 2.75) is 107 Å². The minimum atomic E-state index is -1.65. The molecule has 2 aliphatic heterocycles. The first-order valence-corrected chi connectivity index (χ1v) is 11.0. The molecule has 0 spiro atoms. The maximum absolute atomic E-state index is 11.1. The zero-order valence-electron chi connectivity index (χ0n) is 17.5. The number of fused-ring (bicyclic) bond motifs is 1. The number of aliphatic hydroxyl groups is 3. The van der Waals surface area contributed by atoms with Crippen LogP contribution >= 0.6 is 0 Å². The van der Waals surface area contributed by atoms with Crippen LogP contribution in [0.5, 0.6) is 0 Å². The fourth-order valence-corrected chi connectivity index (χ4v) is 4.55. The summed E-state index contributed by atoms with van der Waals surface area (Å²) in [6, 6.07) is 0. The van der Waals surface area contributed by atoms with Gasteiger partial charge in [-0.1, -0.05) is 58.3 Å². The van der Waals surface area contributed by atoms with Gasteiger partial charge in [-0.05, 0) is 19.3 Å². The third-order valence-corrected chi connectivity index (χ3v) is 6.27. The highest BCUT2D eigenvalue weighted by atomic mass is 16.9. The highest BCUT2D eigenvalue weighted by Gasteiger charge is 2.67. The molecule has 29 heavy (non-hydrogen) atoms. The number of unbranched alkanes of at least 4 members (excludes halogenated alkanes) is 7. The Hall–Kier alpha value is -1.00. The van der Waals surface area contributed by atoms with Gasteiger partial charge in [0, 0.05) is 0 Å². The SMILES string of the molecule is CCCCCCCCCC[C@]12OC[C@@](O)(C(O)CCCO[N+](=O)[O-])[C@H]1OC[C@@H]2O. The molecule has 3 N–H and O–H groups in total. The van der Waals surface area contributed by atoms with Gasteiger partial charge in [0.15, 0.2) is 0 Å². The Balaban J connectivity index is 1.82. The van der Waals surface area contributed by atoms with Crippen molar-refractivity contribution in [2.75, 3.05) is 19.8 Å². The van der Waals surface area contributed by atoms with Gasteiger partial charge >= 0.3 is 0 Å². The molecule has 0 aromatic rings. The molecule has 2 rings (SSSR count). The van der Waals surface area contributed by atoms with E-state index >= 15 is 0 Å². The number of rotatable bonds is 15. The molecule has 0 bridgehead atoms. The maximum Gasteiger partial charge on any atom is 0.294 e. The number of hydrogen-bond donors (Lipinski definition) is 3. The van der Waals surface area contributed by atoms with E-state index in [1.165, 1.54) is 32.1 Å². The zero-order valence-corrected chi connectivity index (χ0v) is 17.5. The summed E-state index contributed by atoms with van der Waals surface area (Å²) in [5.74, 6) is 0. The standard InChI is InChI=1S/C20H37NO8/c1-2-3-4-5-6-7-8-9-12-20-17(23)14-27-18(20)19(24,15-28-20)16(22)11-10-13-29-21(25)26/h16-18,22-24H,2-15H2,1H3/t16?,17-,18+,19+,20+/m0/s1. The van der Waals surface area contributed by atoms with E-state index < -0.39 is 34.6 Å². The summed E-state index contributed by atoms with van der Waals surface area (Å²) >= 11 is 0. The quantitative estimate of drug-likeness (QED) is 0.209. The summed E-state index contributed by atoms with van der Waals surface area (Å²) in [4.78, 5) is 14.5. The van der Waals surface area contributed by atoms with Crippen LogP contribution in [-0.4, -0.2) is 69.7 Å². The molecular weight excluding hydrogens is 382 g/mol. The fourth-order valence-electron chi connectivity index (χ4n) is 4.55. The van der Waals surface area contributed by atoms with E-state index in [0.29, 0.717) is 6.42 Å². The normalized spacial score (nSPS) is 32.3.